The van der Waals surface area contributed by atoms with E-state index in [9.17, 15) is 4.39 Å². The Balaban J connectivity index is 1.53. The first-order chi connectivity index (χ1) is 17.5. The average molecular weight is 470 g/mol. The summed E-state index contributed by atoms with van der Waals surface area (Å²) in [7, 11) is 0. The summed E-state index contributed by atoms with van der Waals surface area (Å²) in [6, 6.07) is 34.3. The van der Waals surface area contributed by atoms with E-state index >= 15 is 0 Å². The molecular weight excluding hydrogens is 445 g/mol. The zero-order chi connectivity index (χ0) is 24.4. The fourth-order valence-corrected chi connectivity index (χ4v) is 5.78. The number of hydrogen-bond donors (Lipinski definition) is 0. The zero-order valence-corrected chi connectivity index (χ0v) is 20.1. The molecule has 3 heterocycles. The Morgan fingerprint density at radius 3 is 2.28 bits per heavy atom. The van der Waals surface area contributed by atoms with E-state index in [-0.39, 0.29) is 11.2 Å². The van der Waals surface area contributed by atoms with Crippen molar-refractivity contribution in [3.05, 3.63) is 126 Å². The van der Waals surface area contributed by atoms with Gasteiger partial charge in [0.25, 0.3) is 0 Å². The molecule has 0 N–H and O–H groups in total. The molecule has 1 aliphatic rings. The van der Waals surface area contributed by atoms with Gasteiger partial charge < -0.3 is 4.57 Å². The molecule has 36 heavy (non-hydrogen) atoms. The van der Waals surface area contributed by atoms with E-state index in [1.54, 1.807) is 18.3 Å². The van der Waals surface area contributed by atoms with Crippen LogP contribution in [0.4, 0.5) is 21.6 Å². The van der Waals surface area contributed by atoms with Gasteiger partial charge in [0.15, 0.2) is 0 Å². The highest BCUT2D eigenvalue weighted by atomic mass is 19.1. The van der Waals surface area contributed by atoms with E-state index in [0.29, 0.717) is 0 Å². The van der Waals surface area contributed by atoms with Gasteiger partial charge in [-0.3, -0.25) is 4.90 Å². The van der Waals surface area contributed by atoms with Crippen molar-refractivity contribution in [2.75, 3.05) is 4.90 Å². The topological polar surface area (TPSA) is 21.1 Å². The molecule has 0 bridgehead atoms. The van der Waals surface area contributed by atoms with Gasteiger partial charge in [-0.15, -0.1) is 0 Å². The SMILES string of the molecule is CC1(C)c2ccccc2-n2c3ccc(N(c4ccc(F)cc4)c4ccccn4)cc3c3cccc1c32. The molecule has 0 unspecified atom stereocenters. The van der Waals surface area contributed by atoms with Gasteiger partial charge in [-0.25, -0.2) is 9.37 Å². The first-order valence-electron chi connectivity index (χ1n) is 12.2. The number of para-hydroxylation sites is 2. The van der Waals surface area contributed by atoms with Gasteiger partial charge in [0, 0.05) is 33.8 Å². The predicted molar refractivity (Wildman–Crippen MR) is 145 cm³/mol. The standard InChI is InChI=1S/C32H24FN3/c1-32(2)26-9-3-4-11-29(26)36-28-18-17-23(20-25(28)24-8-7-10-27(32)31(24)36)35(30-12-5-6-19-34-30)22-15-13-21(33)14-16-22/h3-20H,1-2H3. The van der Waals surface area contributed by atoms with E-state index in [1.165, 1.54) is 50.8 Å². The normalized spacial score (nSPS) is 13.6. The molecule has 2 aromatic heterocycles. The van der Waals surface area contributed by atoms with E-state index in [2.05, 4.69) is 89.0 Å². The summed E-state index contributed by atoms with van der Waals surface area (Å²) in [4.78, 5) is 6.69. The molecule has 0 spiro atoms. The minimum Gasteiger partial charge on any atom is -0.309 e. The van der Waals surface area contributed by atoms with Crippen LogP contribution in [0.1, 0.15) is 25.0 Å². The van der Waals surface area contributed by atoms with E-state index in [1.807, 2.05) is 18.2 Å². The van der Waals surface area contributed by atoms with Crippen LogP contribution in [-0.4, -0.2) is 9.55 Å². The summed E-state index contributed by atoms with van der Waals surface area (Å²) in [5.41, 5.74) is 8.05. The molecule has 0 saturated heterocycles. The Morgan fingerprint density at radius 2 is 1.47 bits per heavy atom. The quantitative estimate of drug-likeness (QED) is 0.259. The number of hydrogen-bond acceptors (Lipinski definition) is 2. The summed E-state index contributed by atoms with van der Waals surface area (Å²) >= 11 is 0. The summed E-state index contributed by atoms with van der Waals surface area (Å²) < 4.78 is 16.2. The van der Waals surface area contributed by atoms with Gasteiger partial charge in [0.1, 0.15) is 11.6 Å². The van der Waals surface area contributed by atoms with Gasteiger partial charge >= 0.3 is 0 Å². The molecule has 4 heteroatoms. The minimum absolute atomic E-state index is 0.0998. The largest absolute Gasteiger partial charge is 0.309 e. The van der Waals surface area contributed by atoms with Crippen LogP contribution in [0.2, 0.25) is 0 Å². The lowest BCUT2D eigenvalue weighted by molar-refractivity contribution is 0.628. The highest BCUT2D eigenvalue weighted by Gasteiger charge is 2.34. The van der Waals surface area contributed by atoms with Crippen molar-refractivity contribution in [1.29, 1.82) is 0 Å². The third kappa shape index (κ3) is 2.88. The number of rotatable bonds is 3. The van der Waals surface area contributed by atoms with Gasteiger partial charge in [-0.2, -0.15) is 0 Å². The maximum absolute atomic E-state index is 13.8. The highest BCUT2D eigenvalue weighted by molar-refractivity contribution is 6.12. The molecule has 0 atom stereocenters. The summed E-state index contributed by atoms with van der Waals surface area (Å²) in [6.07, 6.45) is 1.78. The molecule has 174 valence electrons. The molecule has 0 amide bonds. The maximum atomic E-state index is 13.8. The summed E-state index contributed by atoms with van der Waals surface area (Å²) in [5.74, 6) is 0.522. The molecule has 0 fully saturated rings. The highest BCUT2D eigenvalue weighted by Crippen LogP contribution is 2.48. The van der Waals surface area contributed by atoms with Crippen molar-refractivity contribution in [2.24, 2.45) is 0 Å². The smallest absolute Gasteiger partial charge is 0.137 e. The Labute approximate surface area is 209 Å². The second-order valence-corrected chi connectivity index (χ2v) is 9.88. The van der Waals surface area contributed by atoms with E-state index in [4.69, 9.17) is 0 Å². The number of anilines is 3. The van der Waals surface area contributed by atoms with Crippen molar-refractivity contribution < 1.29 is 4.39 Å². The first kappa shape index (κ1) is 20.9. The van der Waals surface area contributed by atoms with Crippen LogP contribution in [-0.2, 0) is 5.41 Å². The second-order valence-electron chi connectivity index (χ2n) is 9.88. The maximum Gasteiger partial charge on any atom is 0.137 e. The molecule has 0 radical (unpaired) electrons. The Morgan fingerprint density at radius 1 is 0.722 bits per heavy atom. The lowest BCUT2D eigenvalue weighted by atomic mass is 9.75. The number of aromatic nitrogens is 2. The minimum atomic E-state index is -0.259. The lowest BCUT2D eigenvalue weighted by Crippen LogP contribution is -2.26. The molecule has 1 aliphatic heterocycles. The molecule has 6 aromatic rings. The Kier molecular flexibility index (Phi) is 4.37. The molecule has 0 aliphatic carbocycles. The van der Waals surface area contributed by atoms with Gasteiger partial charge in [0.2, 0.25) is 0 Å². The van der Waals surface area contributed by atoms with Gasteiger partial charge in [-0.05, 0) is 71.8 Å². The van der Waals surface area contributed by atoms with Crippen LogP contribution in [0.15, 0.2) is 109 Å². The van der Waals surface area contributed by atoms with Crippen molar-refractivity contribution in [1.82, 2.24) is 9.55 Å². The fraction of sp³-hybridized carbons (Fsp3) is 0.0938. The summed E-state index contributed by atoms with van der Waals surface area (Å²) in [5, 5.41) is 2.41. The number of benzene rings is 4. The van der Waals surface area contributed by atoms with Crippen molar-refractivity contribution in [2.45, 2.75) is 19.3 Å². The number of pyridine rings is 1. The van der Waals surface area contributed by atoms with Crippen molar-refractivity contribution >= 4 is 39.0 Å². The number of fused-ring (bicyclic) bond motifs is 5. The van der Waals surface area contributed by atoms with E-state index < -0.39 is 0 Å². The van der Waals surface area contributed by atoms with Crippen LogP contribution in [0.5, 0.6) is 0 Å². The van der Waals surface area contributed by atoms with Crippen LogP contribution in [0.3, 0.4) is 0 Å². The fourth-order valence-electron chi connectivity index (χ4n) is 5.78. The molecule has 3 nitrogen and oxygen atoms in total. The van der Waals surface area contributed by atoms with Gasteiger partial charge in [0.05, 0.1) is 16.7 Å². The van der Waals surface area contributed by atoms with Crippen LogP contribution >= 0.6 is 0 Å². The van der Waals surface area contributed by atoms with Crippen molar-refractivity contribution in [3.63, 3.8) is 0 Å². The molecule has 4 aromatic carbocycles. The molecule has 7 rings (SSSR count). The van der Waals surface area contributed by atoms with Crippen LogP contribution in [0, 0.1) is 5.82 Å². The lowest BCUT2D eigenvalue weighted by Gasteiger charge is -2.34. The summed E-state index contributed by atoms with van der Waals surface area (Å²) in [6.45, 7) is 4.62. The predicted octanol–water partition coefficient (Wildman–Crippen LogP) is 8.43. The Hall–Kier alpha value is -4.44. The van der Waals surface area contributed by atoms with Gasteiger partial charge in [-0.1, -0.05) is 56.3 Å². The second kappa shape index (κ2) is 7.53. The molecular formula is C32H24FN3. The average Bonchev–Trinajstić information content (AvgIpc) is 3.24. The van der Waals surface area contributed by atoms with Crippen molar-refractivity contribution in [3.8, 4) is 5.69 Å². The van der Waals surface area contributed by atoms with Crippen LogP contribution < -0.4 is 4.90 Å². The van der Waals surface area contributed by atoms with E-state index in [0.717, 1.165) is 17.2 Å². The number of nitrogens with zero attached hydrogens (tertiary/aromatic N) is 3. The monoisotopic (exact) mass is 469 g/mol. The van der Waals surface area contributed by atoms with Crippen LogP contribution in [0.25, 0.3) is 27.5 Å². The zero-order valence-electron chi connectivity index (χ0n) is 20.1. The first-order valence-corrected chi connectivity index (χ1v) is 12.2. The Bertz CT molecular complexity index is 1770. The third-order valence-electron chi connectivity index (χ3n) is 7.48. The molecule has 0 saturated carbocycles. The third-order valence-corrected chi connectivity index (χ3v) is 7.48. The number of halogens is 1.